The minimum Gasteiger partial charge on any atom is -0.454 e. The second-order valence-corrected chi connectivity index (χ2v) is 6.36. The van der Waals surface area contributed by atoms with E-state index in [2.05, 4.69) is 36.2 Å². The molecule has 2 aliphatic heterocycles. The van der Waals surface area contributed by atoms with E-state index in [1.807, 2.05) is 6.07 Å². The number of rotatable bonds is 5. The molecule has 1 atom stereocenters. The van der Waals surface area contributed by atoms with Gasteiger partial charge in [0, 0.05) is 25.2 Å². The van der Waals surface area contributed by atoms with Gasteiger partial charge in [-0.2, -0.15) is 0 Å². The summed E-state index contributed by atoms with van der Waals surface area (Å²) in [5.74, 6) is 1.75. The molecular formula is C17H26N2O2. The molecule has 21 heavy (non-hydrogen) atoms. The number of piperidine rings is 1. The van der Waals surface area contributed by atoms with Gasteiger partial charge < -0.3 is 14.8 Å². The second kappa shape index (κ2) is 6.67. The Morgan fingerprint density at radius 1 is 1.24 bits per heavy atom. The van der Waals surface area contributed by atoms with Crippen LogP contribution in [0.2, 0.25) is 0 Å². The van der Waals surface area contributed by atoms with Gasteiger partial charge in [0.2, 0.25) is 6.79 Å². The Kier molecular flexibility index (Phi) is 4.66. The molecule has 1 saturated heterocycles. The van der Waals surface area contributed by atoms with Gasteiger partial charge in [-0.05, 0) is 50.9 Å². The Morgan fingerprint density at radius 2 is 2.10 bits per heavy atom. The first-order chi connectivity index (χ1) is 10.2. The molecule has 1 unspecified atom stereocenters. The molecule has 0 spiro atoms. The summed E-state index contributed by atoms with van der Waals surface area (Å²) in [7, 11) is 0. The van der Waals surface area contributed by atoms with E-state index in [0.717, 1.165) is 24.6 Å². The minimum absolute atomic E-state index is 0.346. The molecule has 0 saturated carbocycles. The third-order valence-corrected chi connectivity index (χ3v) is 4.42. The topological polar surface area (TPSA) is 33.7 Å². The fourth-order valence-electron chi connectivity index (χ4n) is 3.09. The summed E-state index contributed by atoms with van der Waals surface area (Å²) in [5, 5.41) is 3.65. The van der Waals surface area contributed by atoms with Crippen molar-refractivity contribution in [3.05, 3.63) is 23.8 Å². The molecule has 1 N–H and O–H groups in total. The zero-order valence-corrected chi connectivity index (χ0v) is 13.1. The number of benzene rings is 1. The molecule has 3 rings (SSSR count). The van der Waals surface area contributed by atoms with Gasteiger partial charge in [0.25, 0.3) is 0 Å². The normalized spacial score (nSPS) is 21.2. The van der Waals surface area contributed by atoms with E-state index in [1.54, 1.807) is 0 Å². The van der Waals surface area contributed by atoms with Crippen molar-refractivity contribution >= 4 is 0 Å². The number of ether oxygens (including phenoxy) is 2. The van der Waals surface area contributed by atoms with Crippen molar-refractivity contribution in [2.45, 2.75) is 51.7 Å². The molecule has 0 bridgehead atoms. The average molecular weight is 290 g/mol. The maximum Gasteiger partial charge on any atom is 0.231 e. The van der Waals surface area contributed by atoms with E-state index in [9.17, 15) is 0 Å². The van der Waals surface area contributed by atoms with E-state index < -0.39 is 0 Å². The summed E-state index contributed by atoms with van der Waals surface area (Å²) >= 11 is 0. The van der Waals surface area contributed by atoms with Gasteiger partial charge in [0.05, 0.1) is 0 Å². The number of hydrogen-bond donors (Lipinski definition) is 1. The Bertz CT molecular complexity index is 470. The quantitative estimate of drug-likeness (QED) is 0.904. The van der Waals surface area contributed by atoms with Crippen molar-refractivity contribution in [1.29, 1.82) is 0 Å². The van der Waals surface area contributed by atoms with Crippen LogP contribution in [0, 0.1) is 0 Å². The number of hydrogen-bond acceptors (Lipinski definition) is 4. The lowest BCUT2D eigenvalue weighted by Gasteiger charge is -2.33. The van der Waals surface area contributed by atoms with E-state index in [4.69, 9.17) is 9.47 Å². The molecule has 0 amide bonds. The van der Waals surface area contributed by atoms with Crippen LogP contribution in [0.1, 0.15) is 38.7 Å². The summed E-state index contributed by atoms with van der Waals surface area (Å²) in [6, 6.07) is 7.47. The minimum atomic E-state index is 0.346. The Hall–Kier alpha value is -1.26. The van der Waals surface area contributed by atoms with Crippen molar-refractivity contribution in [3.63, 3.8) is 0 Å². The molecule has 116 valence electrons. The summed E-state index contributed by atoms with van der Waals surface area (Å²) in [6.07, 6.45) is 3.97. The van der Waals surface area contributed by atoms with E-state index in [1.165, 1.54) is 31.4 Å². The molecule has 0 radical (unpaired) electrons. The third-order valence-electron chi connectivity index (χ3n) is 4.42. The fourth-order valence-corrected chi connectivity index (χ4v) is 3.09. The predicted molar refractivity (Wildman–Crippen MR) is 83.8 cm³/mol. The van der Waals surface area contributed by atoms with E-state index in [-0.39, 0.29) is 0 Å². The van der Waals surface area contributed by atoms with Crippen LogP contribution in [0.25, 0.3) is 0 Å². The molecule has 0 aliphatic carbocycles. The standard InChI is InChI=1S/C17H26N2O2/c1-13(2)19(11-15-5-3-4-8-18-15)10-14-6-7-16-17(9-14)21-12-20-16/h6-7,9,13,15,18H,3-5,8,10-12H2,1-2H3. The van der Waals surface area contributed by atoms with Crippen LogP contribution in [-0.4, -0.2) is 36.9 Å². The highest BCUT2D eigenvalue weighted by Crippen LogP contribution is 2.33. The summed E-state index contributed by atoms with van der Waals surface area (Å²) in [4.78, 5) is 2.54. The number of fused-ring (bicyclic) bond motifs is 1. The highest BCUT2D eigenvalue weighted by atomic mass is 16.7. The number of nitrogens with one attached hydrogen (secondary N) is 1. The summed E-state index contributed by atoms with van der Waals surface area (Å²) in [5.41, 5.74) is 1.30. The van der Waals surface area contributed by atoms with Crippen LogP contribution < -0.4 is 14.8 Å². The van der Waals surface area contributed by atoms with Crippen molar-refractivity contribution in [2.24, 2.45) is 0 Å². The van der Waals surface area contributed by atoms with Crippen LogP contribution >= 0.6 is 0 Å². The molecular weight excluding hydrogens is 264 g/mol. The zero-order chi connectivity index (χ0) is 14.7. The third kappa shape index (κ3) is 3.69. The molecule has 0 aromatic heterocycles. The van der Waals surface area contributed by atoms with Gasteiger partial charge in [-0.1, -0.05) is 12.5 Å². The van der Waals surface area contributed by atoms with Gasteiger partial charge in [0.1, 0.15) is 0 Å². The summed E-state index contributed by atoms with van der Waals surface area (Å²) < 4.78 is 10.9. The van der Waals surface area contributed by atoms with Gasteiger partial charge in [-0.25, -0.2) is 0 Å². The Labute approximate surface area is 127 Å². The molecule has 2 aliphatic rings. The first-order valence-corrected chi connectivity index (χ1v) is 8.08. The largest absolute Gasteiger partial charge is 0.454 e. The first-order valence-electron chi connectivity index (χ1n) is 8.08. The molecule has 4 nitrogen and oxygen atoms in total. The number of nitrogens with zero attached hydrogens (tertiary/aromatic N) is 1. The van der Waals surface area contributed by atoms with Gasteiger partial charge in [0.15, 0.2) is 11.5 Å². The average Bonchev–Trinajstić information content (AvgIpc) is 2.95. The van der Waals surface area contributed by atoms with Gasteiger partial charge in [-0.15, -0.1) is 0 Å². The SMILES string of the molecule is CC(C)N(Cc1ccc2c(c1)OCO2)CC1CCCCN1. The second-order valence-electron chi connectivity index (χ2n) is 6.36. The lowest BCUT2D eigenvalue weighted by Crippen LogP contribution is -2.45. The summed E-state index contributed by atoms with van der Waals surface area (Å²) in [6.45, 7) is 8.14. The van der Waals surface area contributed by atoms with E-state index >= 15 is 0 Å². The van der Waals surface area contributed by atoms with Crippen LogP contribution in [0.3, 0.4) is 0 Å². The highest BCUT2D eigenvalue weighted by Gasteiger charge is 2.20. The van der Waals surface area contributed by atoms with Gasteiger partial charge >= 0.3 is 0 Å². The Balaban J connectivity index is 1.64. The maximum atomic E-state index is 5.48. The van der Waals surface area contributed by atoms with E-state index in [0.29, 0.717) is 18.9 Å². The van der Waals surface area contributed by atoms with Crippen LogP contribution in [0.15, 0.2) is 18.2 Å². The van der Waals surface area contributed by atoms with Crippen molar-refractivity contribution < 1.29 is 9.47 Å². The highest BCUT2D eigenvalue weighted by molar-refractivity contribution is 5.44. The van der Waals surface area contributed by atoms with Crippen LogP contribution in [-0.2, 0) is 6.54 Å². The molecule has 1 aromatic rings. The maximum absolute atomic E-state index is 5.48. The molecule has 1 aromatic carbocycles. The smallest absolute Gasteiger partial charge is 0.231 e. The Morgan fingerprint density at radius 3 is 2.86 bits per heavy atom. The lowest BCUT2D eigenvalue weighted by atomic mass is 10.0. The van der Waals surface area contributed by atoms with Crippen LogP contribution in [0.5, 0.6) is 11.5 Å². The molecule has 1 fully saturated rings. The van der Waals surface area contributed by atoms with Crippen molar-refractivity contribution in [3.8, 4) is 11.5 Å². The fraction of sp³-hybridized carbons (Fsp3) is 0.647. The predicted octanol–water partition coefficient (Wildman–Crippen LogP) is 2.77. The zero-order valence-electron chi connectivity index (χ0n) is 13.1. The van der Waals surface area contributed by atoms with Crippen LogP contribution in [0.4, 0.5) is 0 Å². The molecule has 4 heteroatoms. The monoisotopic (exact) mass is 290 g/mol. The first kappa shape index (κ1) is 14.7. The lowest BCUT2D eigenvalue weighted by molar-refractivity contribution is 0.172. The van der Waals surface area contributed by atoms with Gasteiger partial charge in [-0.3, -0.25) is 4.90 Å². The van der Waals surface area contributed by atoms with Crippen molar-refractivity contribution in [2.75, 3.05) is 19.9 Å². The molecule has 2 heterocycles. The van der Waals surface area contributed by atoms with Crippen molar-refractivity contribution in [1.82, 2.24) is 10.2 Å².